The second-order valence-electron chi connectivity index (χ2n) is 12.5. The van der Waals surface area contributed by atoms with Crippen LogP contribution in [0, 0.1) is 6.92 Å². The molecule has 0 radical (unpaired) electrons. The van der Waals surface area contributed by atoms with Gasteiger partial charge in [0.25, 0.3) is 5.91 Å². The first-order valence-electron chi connectivity index (χ1n) is 17.3. The van der Waals surface area contributed by atoms with E-state index in [2.05, 4.69) is 35.3 Å². The van der Waals surface area contributed by atoms with Crippen molar-refractivity contribution in [2.45, 2.75) is 26.9 Å². The van der Waals surface area contributed by atoms with Crippen LogP contribution in [0.25, 0.3) is 10.9 Å². The lowest BCUT2D eigenvalue weighted by Gasteiger charge is -2.19. The van der Waals surface area contributed by atoms with Gasteiger partial charge in [-0.1, -0.05) is 42.5 Å². The molecule has 2 atom stereocenters. The smallest absolute Gasteiger partial charge is 0.316 e. The minimum atomic E-state index is -2.11. The standard InChI is InChI=1S/C40H35N7O9S2/c1-22-13-16-35(54-4)32(17-22)43-39(52)38(36(50)25-9-6-5-7-10-25)55-28-12-8-11-26(18-28)47-58(53)56-29-14-15-30-31(21-29)46-57-40(30)45-44-27-19-33(41-23(2)48)37(51)34(20-27)42-24(3)49/h5-21,38,47,51H,1-4H3,(H,41,48)(H,42,49)(H,43,52). The number of aromatic nitrogens is 1. The Bertz CT molecular complexity index is 2540. The Hall–Kier alpha value is -7.18. The topological polar surface area (TPSA) is 219 Å². The highest BCUT2D eigenvalue weighted by atomic mass is 32.2. The molecule has 2 unspecified atom stereocenters. The highest BCUT2D eigenvalue weighted by Crippen LogP contribution is 2.39. The summed E-state index contributed by atoms with van der Waals surface area (Å²) < 4.78 is 37.2. The van der Waals surface area contributed by atoms with Gasteiger partial charge in [-0.2, -0.15) is 8.58 Å². The number of aryl methyl sites for hydroxylation is 1. The SMILES string of the molecule is COc1ccc(C)cc1NC(=O)C(Oc1cccc(NS(=O)Oc2ccc3c(N=Nc4cc(NC(C)=O)c(O)c(NC(C)=O)c4)snc3c2)c1)C(=O)c1ccccc1. The first-order chi connectivity index (χ1) is 27.9. The molecule has 18 heteroatoms. The van der Waals surface area contributed by atoms with Crippen molar-refractivity contribution >= 4 is 90.6 Å². The Morgan fingerprint density at radius 3 is 2.21 bits per heavy atom. The predicted molar refractivity (Wildman–Crippen MR) is 221 cm³/mol. The molecule has 0 saturated heterocycles. The fourth-order valence-corrected chi connectivity index (χ4v) is 6.78. The van der Waals surface area contributed by atoms with Crippen molar-refractivity contribution in [3.63, 3.8) is 0 Å². The lowest BCUT2D eigenvalue weighted by atomic mass is 10.1. The highest BCUT2D eigenvalue weighted by molar-refractivity contribution is 7.82. The first kappa shape index (κ1) is 40.5. The summed E-state index contributed by atoms with van der Waals surface area (Å²) in [5.74, 6) is -1.76. The van der Waals surface area contributed by atoms with Gasteiger partial charge in [-0.05, 0) is 72.6 Å². The Morgan fingerprint density at radius 1 is 0.793 bits per heavy atom. The second-order valence-corrected chi connectivity index (χ2v) is 14.1. The number of aromatic hydroxyl groups is 1. The second kappa shape index (κ2) is 18.2. The van der Waals surface area contributed by atoms with Gasteiger partial charge >= 0.3 is 11.3 Å². The Labute approximate surface area is 338 Å². The van der Waals surface area contributed by atoms with Gasteiger partial charge < -0.3 is 34.7 Å². The molecule has 296 valence electrons. The van der Waals surface area contributed by atoms with Crippen molar-refractivity contribution in [3.05, 3.63) is 114 Å². The molecule has 6 rings (SSSR count). The average molecular weight is 822 g/mol. The zero-order valence-corrected chi connectivity index (χ0v) is 32.9. The number of rotatable bonds is 15. The van der Waals surface area contributed by atoms with Gasteiger partial charge in [0.15, 0.2) is 10.8 Å². The quantitative estimate of drug-likeness (QED) is 0.0291. The molecule has 1 aromatic heterocycles. The summed E-state index contributed by atoms with van der Waals surface area (Å²) in [6.07, 6.45) is -1.60. The van der Waals surface area contributed by atoms with E-state index in [4.69, 9.17) is 13.7 Å². The van der Waals surface area contributed by atoms with Gasteiger partial charge in [0, 0.05) is 36.9 Å². The number of hydrogen-bond donors (Lipinski definition) is 5. The van der Waals surface area contributed by atoms with E-state index < -0.39 is 40.9 Å². The van der Waals surface area contributed by atoms with Crippen LogP contribution in [0.2, 0.25) is 0 Å². The van der Waals surface area contributed by atoms with E-state index >= 15 is 0 Å². The molecular formula is C40H35N7O9S2. The summed E-state index contributed by atoms with van der Waals surface area (Å²) in [6.45, 7) is 4.40. The number of hydrogen-bond acceptors (Lipinski definition) is 13. The van der Waals surface area contributed by atoms with Crippen LogP contribution in [-0.4, -0.2) is 50.4 Å². The van der Waals surface area contributed by atoms with E-state index in [-0.39, 0.29) is 39.9 Å². The fourth-order valence-electron chi connectivity index (χ4n) is 5.45. The van der Waals surface area contributed by atoms with Crippen molar-refractivity contribution in [1.82, 2.24) is 4.37 Å². The maximum Gasteiger partial charge on any atom is 0.316 e. The van der Waals surface area contributed by atoms with E-state index in [1.54, 1.807) is 78.9 Å². The molecule has 3 amide bonds. The van der Waals surface area contributed by atoms with Gasteiger partial charge in [-0.15, -0.1) is 10.2 Å². The molecule has 0 aliphatic carbocycles. The number of azo groups is 1. The van der Waals surface area contributed by atoms with Gasteiger partial charge in [0.1, 0.15) is 17.2 Å². The van der Waals surface area contributed by atoms with E-state index in [0.717, 1.165) is 17.1 Å². The van der Waals surface area contributed by atoms with Crippen LogP contribution in [0.15, 0.2) is 113 Å². The Kier molecular flexibility index (Phi) is 12.7. The Morgan fingerprint density at radius 2 is 1.52 bits per heavy atom. The van der Waals surface area contributed by atoms with E-state index in [1.165, 1.54) is 39.2 Å². The molecule has 0 bridgehead atoms. The monoisotopic (exact) mass is 821 g/mol. The maximum absolute atomic E-state index is 13.6. The van der Waals surface area contributed by atoms with Crippen LogP contribution in [0.1, 0.15) is 29.8 Å². The zero-order valence-electron chi connectivity index (χ0n) is 31.3. The van der Waals surface area contributed by atoms with Crippen LogP contribution >= 0.6 is 11.5 Å². The summed E-state index contributed by atoms with van der Waals surface area (Å²) in [4.78, 5) is 50.5. The Balaban J connectivity index is 1.15. The number of amides is 3. The van der Waals surface area contributed by atoms with Crippen molar-refractivity contribution in [2.24, 2.45) is 10.2 Å². The van der Waals surface area contributed by atoms with Crippen LogP contribution < -0.4 is 34.3 Å². The maximum atomic E-state index is 13.6. The minimum absolute atomic E-state index is 0.0366. The van der Waals surface area contributed by atoms with Gasteiger partial charge in [-0.25, -0.2) is 0 Å². The van der Waals surface area contributed by atoms with E-state index in [9.17, 15) is 28.5 Å². The third-order valence-corrected chi connectivity index (χ3v) is 9.52. The summed E-state index contributed by atoms with van der Waals surface area (Å²) >= 11 is -1.08. The number of carbonyl (C=O) groups excluding carboxylic acids is 4. The number of benzene rings is 5. The number of phenolic OH excluding ortho intramolecular Hbond substituents is 1. The number of phenols is 1. The molecule has 5 N–H and O–H groups in total. The van der Waals surface area contributed by atoms with Crippen LogP contribution in [0.5, 0.6) is 23.0 Å². The van der Waals surface area contributed by atoms with Crippen molar-refractivity contribution < 1.29 is 42.2 Å². The van der Waals surface area contributed by atoms with Gasteiger partial charge in [0.05, 0.1) is 41.1 Å². The summed E-state index contributed by atoms with van der Waals surface area (Å²) in [5.41, 5.74) is 2.58. The molecule has 1 heterocycles. The third kappa shape index (κ3) is 10.2. The largest absolute Gasteiger partial charge is 0.504 e. The summed E-state index contributed by atoms with van der Waals surface area (Å²) in [7, 11) is 1.47. The van der Waals surface area contributed by atoms with Gasteiger partial charge in [0.2, 0.25) is 23.7 Å². The lowest BCUT2D eigenvalue weighted by Crippen LogP contribution is -2.40. The molecule has 0 spiro atoms. The molecule has 0 saturated carbocycles. The van der Waals surface area contributed by atoms with Crippen LogP contribution in [0.4, 0.5) is 33.4 Å². The molecule has 0 aliphatic rings. The number of carbonyl (C=O) groups is 4. The molecule has 0 fully saturated rings. The number of Topliss-reactive ketones (excluding diaryl/α,β-unsaturated/α-hetero) is 1. The average Bonchev–Trinajstić information content (AvgIpc) is 3.59. The van der Waals surface area contributed by atoms with Crippen molar-refractivity contribution in [1.29, 1.82) is 0 Å². The van der Waals surface area contributed by atoms with E-state index in [0.29, 0.717) is 33.0 Å². The molecule has 5 aromatic carbocycles. The number of anilines is 4. The molecule has 6 aromatic rings. The van der Waals surface area contributed by atoms with Crippen LogP contribution in [-0.2, 0) is 25.7 Å². The number of ketones is 1. The summed E-state index contributed by atoms with van der Waals surface area (Å²) in [5, 5.41) is 27.7. The number of fused-ring (bicyclic) bond motifs is 1. The first-order valence-corrected chi connectivity index (χ1v) is 19.1. The molecule has 0 aliphatic heterocycles. The fraction of sp³-hybridized carbons (Fsp3) is 0.125. The number of nitrogens with zero attached hydrogens (tertiary/aromatic N) is 3. The predicted octanol–water partition coefficient (Wildman–Crippen LogP) is 7.99. The van der Waals surface area contributed by atoms with Crippen molar-refractivity contribution in [2.75, 3.05) is 27.8 Å². The summed E-state index contributed by atoms with van der Waals surface area (Å²) in [6, 6.07) is 27.3. The zero-order chi connectivity index (χ0) is 41.3. The molecule has 58 heavy (non-hydrogen) atoms. The number of methoxy groups -OCH3 is 1. The van der Waals surface area contributed by atoms with Crippen molar-refractivity contribution in [3.8, 4) is 23.0 Å². The minimum Gasteiger partial charge on any atom is -0.504 e. The number of ether oxygens (including phenoxy) is 2. The van der Waals surface area contributed by atoms with Gasteiger partial charge in [-0.3, -0.25) is 23.9 Å². The molecule has 16 nitrogen and oxygen atoms in total. The third-order valence-electron chi connectivity index (χ3n) is 8.01. The number of nitrogens with one attached hydrogen (secondary N) is 4. The lowest BCUT2D eigenvalue weighted by molar-refractivity contribution is -0.121. The molecular weight excluding hydrogens is 787 g/mol. The van der Waals surface area contributed by atoms with E-state index in [1.807, 2.05) is 13.0 Å². The van der Waals surface area contributed by atoms with Crippen LogP contribution in [0.3, 0.4) is 0 Å². The highest BCUT2D eigenvalue weighted by Gasteiger charge is 2.31. The normalized spacial score (nSPS) is 12.0.